The Morgan fingerprint density at radius 3 is 1.48 bits per heavy atom. The first-order valence-electron chi connectivity index (χ1n) is 19.3. The predicted molar refractivity (Wildman–Crippen MR) is 174 cm³/mol. The van der Waals surface area contributed by atoms with E-state index in [1.807, 2.05) is 0 Å². The third-order valence-electron chi connectivity index (χ3n) is 11.8. The van der Waals surface area contributed by atoms with Crippen molar-refractivity contribution in [1.82, 2.24) is 0 Å². The number of ether oxygens (including phenoxy) is 8. The Kier molecular flexibility index (Phi) is 15.1. The van der Waals surface area contributed by atoms with Crippen LogP contribution in [0, 0.1) is 0 Å². The van der Waals surface area contributed by atoms with Crippen LogP contribution in [0.5, 0.6) is 0 Å². The van der Waals surface area contributed by atoms with Gasteiger partial charge in [0.1, 0.15) is 54.9 Å². The van der Waals surface area contributed by atoms with Crippen LogP contribution in [0.4, 0.5) is 0 Å². The van der Waals surface area contributed by atoms with E-state index in [2.05, 4.69) is 13.8 Å². The Bertz CT molecular complexity index is 1180. The number of aldehydes is 1. The Morgan fingerprint density at radius 2 is 1.04 bits per heavy atom. The molecular formula is C37H56O15. The van der Waals surface area contributed by atoms with Crippen LogP contribution in [-0.2, 0) is 61.9 Å². The first kappa shape index (κ1) is 41.2. The fraction of sp³-hybridized carbons (Fsp3) is 0.919. The fourth-order valence-electron chi connectivity index (χ4n) is 9.32. The van der Waals surface area contributed by atoms with E-state index in [9.17, 15) is 15.0 Å². The minimum Gasteiger partial charge on any atom is -0.394 e. The number of hydrogen-bond donors (Lipinski definition) is 2. The lowest BCUT2D eigenvalue weighted by Crippen LogP contribution is -2.62. The highest BCUT2D eigenvalue weighted by molar-refractivity contribution is 5.58. The Labute approximate surface area is 304 Å². The highest BCUT2D eigenvalue weighted by atomic mass is 16.8. The second kappa shape index (κ2) is 19.1. The zero-order valence-electron chi connectivity index (χ0n) is 30.3. The van der Waals surface area contributed by atoms with Gasteiger partial charge in [-0.1, -0.05) is 26.7 Å². The van der Waals surface area contributed by atoms with Gasteiger partial charge in [-0.3, -0.25) is 0 Å². The lowest BCUT2D eigenvalue weighted by Gasteiger charge is -2.47. The van der Waals surface area contributed by atoms with Crippen LogP contribution in [-0.4, -0.2) is 126 Å². The molecule has 2 saturated carbocycles. The molecule has 15 heteroatoms. The van der Waals surface area contributed by atoms with Crippen molar-refractivity contribution < 1.29 is 72.1 Å². The normalized spacial score (nSPS) is 41.2. The Hall–Kier alpha value is -1.97. The fourth-order valence-corrected chi connectivity index (χ4v) is 9.32. The van der Waals surface area contributed by atoms with Crippen molar-refractivity contribution in [3.63, 3.8) is 0 Å². The highest BCUT2D eigenvalue weighted by Crippen LogP contribution is 2.49. The van der Waals surface area contributed by atoms with Gasteiger partial charge < -0.3 is 52.9 Å². The molecule has 0 radical (unpaired) electrons. The highest BCUT2D eigenvalue weighted by Gasteiger charge is 2.61. The number of hydrogen-bond acceptors (Lipinski definition) is 15. The monoisotopic (exact) mass is 740 g/mol. The van der Waals surface area contributed by atoms with Crippen LogP contribution in [0.1, 0.15) is 117 Å². The van der Waals surface area contributed by atoms with Gasteiger partial charge in [-0.25, -0.2) is 0 Å². The molecule has 15 nitrogen and oxygen atoms in total. The van der Waals surface area contributed by atoms with Gasteiger partial charge in [-0.2, -0.15) is 19.2 Å². The van der Waals surface area contributed by atoms with E-state index in [4.69, 9.17) is 57.1 Å². The number of aliphatic hydroxyl groups excluding tert-OH is 2. The van der Waals surface area contributed by atoms with Crippen LogP contribution in [0.3, 0.4) is 0 Å². The Morgan fingerprint density at radius 1 is 0.615 bits per heavy atom. The molecule has 2 N–H and O–H groups in total. The second-order valence-corrected chi connectivity index (χ2v) is 15.0. The number of fused-ring (bicyclic) bond motifs is 6. The van der Waals surface area contributed by atoms with Crippen molar-refractivity contribution in [1.29, 1.82) is 0 Å². The smallest absolute Gasteiger partial charge is 0.373 e. The van der Waals surface area contributed by atoms with Crippen LogP contribution >= 0.6 is 0 Å². The molecule has 0 aromatic carbocycles. The molecule has 2 unspecified atom stereocenters. The average molecular weight is 741 g/mol. The minimum atomic E-state index is -0.954. The zero-order valence-corrected chi connectivity index (χ0v) is 30.3. The summed E-state index contributed by atoms with van der Waals surface area (Å²) in [6.45, 7) is 3.95. The maximum atomic E-state index is 11.5. The summed E-state index contributed by atoms with van der Waals surface area (Å²) in [7, 11) is 0. The molecule has 6 heterocycles. The standard InChI is InChI=1S/C18H30O6.C17H26O5.2CO2/c1-2-11-6-7-13-15(21-11)17-16(14(22-13)12(20)10-19)23-18(24-17)8-4-3-5-9-18;1-2-11-6-7-12-14(19-11)16-15(13(10-18)20-12)21-17(22-16)8-4-3-5-9-17;2*2-1-3/h11-17,19-20H,2-10H2,1H3;10-16H,2-9H2,1H3;;/t11-,12+,13-,14-,15-,16?,17-;11-,12-,13-,14-,15?,16-;;/m00../s1. The van der Waals surface area contributed by atoms with E-state index in [-0.39, 0.29) is 79.9 Å². The third kappa shape index (κ3) is 9.10. The van der Waals surface area contributed by atoms with Gasteiger partial charge in [-0.05, 0) is 64.2 Å². The summed E-state index contributed by atoms with van der Waals surface area (Å²) in [5, 5.41) is 19.7. The van der Waals surface area contributed by atoms with Crippen molar-refractivity contribution >= 4 is 18.6 Å². The van der Waals surface area contributed by atoms with Gasteiger partial charge in [-0.15, -0.1) is 0 Å². The van der Waals surface area contributed by atoms with Crippen molar-refractivity contribution in [3.8, 4) is 0 Å². The molecule has 8 rings (SSSR count). The lowest BCUT2D eigenvalue weighted by atomic mass is 9.87. The molecule has 8 fully saturated rings. The molecule has 294 valence electrons. The molecule has 0 bridgehead atoms. The number of rotatable bonds is 5. The molecular weight excluding hydrogens is 684 g/mol. The molecule has 13 atom stereocenters. The molecule has 52 heavy (non-hydrogen) atoms. The van der Waals surface area contributed by atoms with Crippen LogP contribution in [0.25, 0.3) is 0 Å². The summed E-state index contributed by atoms with van der Waals surface area (Å²) in [6.07, 6.45) is 14.7. The maximum Gasteiger partial charge on any atom is 0.373 e. The summed E-state index contributed by atoms with van der Waals surface area (Å²) in [5.74, 6) is -1.06. The molecule has 2 spiro atoms. The van der Waals surface area contributed by atoms with Gasteiger partial charge in [0.15, 0.2) is 17.9 Å². The maximum absolute atomic E-state index is 11.5. The van der Waals surface area contributed by atoms with E-state index < -0.39 is 29.9 Å². The topological polar surface area (TPSA) is 200 Å². The van der Waals surface area contributed by atoms with E-state index in [1.54, 1.807) is 0 Å². The van der Waals surface area contributed by atoms with Crippen molar-refractivity contribution in [2.75, 3.05) is 6.61 Å². The van der Waals surface area contributed by atoms with Gasteiger partial charge in [0.25, 0.3) is 0 Å². The summed E-state index contributed by atoms with van der Waals surface area (Å²) in [5.41, 5.74) is 0. The Balaban J connectivity index is 0.000000175. The predicted octanol–water partition coefficient (Wildman–Crippen LogP) is 2.70. The summed E-state index contributed by atoms with van der Waals surface area (Å²) < 4.78 is 50.1. The first-order chi connectivity index (χ1) is 25.2. The van der Waals surface area contributed by atoms with Gasteiger partial charge >= 0.3 is 12.3 Å². The molecule has 2 aliphatic carbocycles. The van der Waals surface area contributed by atoms with E-state index >= 15 is 0 Å². The number of aliphatic hydroxyl groups is 2. The second-order valence-electron chi connectivity index (χ2n) is 15.0. The molecule has 0 amide bonds. The number of carbonyl (C=O) groups is 1. The molecule has 8 aliphatic rings. The first-order valence-corrected chi connectivity index (χ1v) is 19.3. The van der Waals surface area contributed by atoms with Gasteiger partial charge in [0.2, 0.25) is 0 Å². The quantitative estimate of drug-likeness (QED) is 0.390. The van der Waals surface area contributed by atoms with Gasteiger partial charge in [0, 0.05) is 25.7 Å². The molecule has 6 aliphatic heterocycles. The summed E-state index contributed by atoms with van der Waals surface area (Å²) in [4.78, 5) is 44.0. The number of carbonyl (C=O) groups excluding carboxylic acids is 5. The summed E-state index contributed by atoms with van der Waals surface area (Å²) in [6, 6.07) is 0. The average Bonchev–Trinajstić information content (AvgIpc) is 3.73. The zero-order chi connectivity index (χ0) is 37.3. The molecule has 0 aromatic rings. The lowest BCUT2D eigenvalue weighted by molar-refractivity contribution is -0.255. The SMILES string of the molecule is CC[C@H]1CC[C@@H]2O[C@@H](C=O)C3OC4(CCCCC4)O[C@H]3[C@H]2O1.CC[C@H]1CC[C@@H]2O[C@@H]([C@H](O)CO)C3OC4(CCCCC4)O[C@H]3[C@H]2O1.O=C=O.O=C=O. The minimum absolute atomic E-state index is 0.0402. The van der Waals surface area contributed by atoms with Crippen molar-refractivity contribution in [3.05, 3.63) is 0 Å². The molecule has 6 saturated heterocycles. The van der Waals surface area contributed by atoms with E-state index in [0.29, 0.717) is 0 Å². The van der Waals surface area contributed by atoms with Crippen molar-refractivity contribution in [2.45, 2.75) is 208 Å². The summed E-state index contributed by atoms with van der Waals surface area (Å²) >= 11 is 0. The van der Waals surface area contributed by atoms with Crippen LogP contribution in [0.2, 0.25) is 0 Å². The van der Waals surface area contributed by atoms with Crippen LogP contribution in [0.15, 0.2) is 0 Å². The van der Waals surface area contributed by atoms with E-state index in [0.717, 1.165) is 96.2 Å². The third-order valence-corrected chi connectivity index (χ3v) is 11.8. The molecule has 0 aromatic heterocycles. The van der Waals surface area contributed by atoms with Crippen molar-refractivity contribution in [2.24, 2.45) is 0 Å². The largest absolute Gasteiger partial charge is 0.394 e. The van der Waals surface area contributed by atoms with E-state index in [1.165, 1.54) is 12.8 Å². The van der Waals surface area contributed by atoms with Gasteiger partial charge in [0.05, 0.1) is 31.0 Å². The van der Waals surface area contributed by atoms with Crippen LogP contribution < -0.4 is 0 Å².